The number of benzene rings is 2. The van der Waals surface area contributed by atoms with Crippen LogP contribution in [0.15, 0.2) is 59.3 Å². The van der Waals surface area contributed by atoms with E-state index in [1.54, 1.807) is 6.20 Å². The lowest BCUT2D eigenvalue weighted by Crippen LogP contribution is -2.17. The van der Waals surface area contributed by atoms with Gasteiger partial charge in [-0.25, -0.2) is 8.78 Å². The lowest BCUT2D eigenvalue weighted by Gasteiger charge is -2.06. The van der Waals surface area contributed by atoms with Crippen molar-refractivity contribution in [1.29, 1.82) is 0 Å². The molecular weight excluding hydrogens is 364 g/mol. The molecule has 0 unspecified atom stereocenters. The molecule has 0 amide bonds. The number of hydrogen-bond donors (Lipinski definition) is 2. The summed E-state index contributed by atoms with van der Waals surface area (Å²) in [7, 11) is 0. The lowest BCUT2D eigenvalue weighted by atomic mass is 10.1. The minimum atomic E-state index is -0.634. The molecule has 0 saturated heterocycles. The molecule has 0 atom stereocenters. The molecule has 4 rings (SSSR count). The standard InChI is InChI=1S/C20H17F2N5O/c21-15-6-7-16(17(22)10-15)19-14(12-24-26-19)11-23-9-8-18-25-20(27-28-18)13-4-2-1-3-5-13/h1-7,10,12,23H,8-9,11H2,(H,24,26). The molecule has 0 radical (unpaired) electrons. The largest absolute Gasteiger partial charge is 0.339 e. The highest BCUT2D eigenvalue weighted by molar-refractivity contribution is 5.63. The highest BCUT2D eigenvalue weighted by Crippen LogP contribution is 2.24. The van der Waals surface area contributed by atoms with Crippen LogP contribution >= 0.6 is 0 Å². The van der Waals surface area contributed by atoms with E-state index in [1.807, 2.05) is 30.3 Å². The molecule has 2 heterocycles. The van der Waals surface area contributed by atoms with Gasteiger partial charge in [-0.1, -0.05) is 35.5 Å². The molecule has 0 saturated carbocycles. The first kappa shape index (κ1) is 18.0. The van der Waals surface area contributed by atoms with Crippen LogP contribution in [0.25, 0.3) is 22.6 Å². The summed E-state index contributed by atoms with van der Waals surface area (Å²) < 4.78 is 32.4. The second-order valence-corrected chi connectivity index (χ2v) is 6.20. The first-order valence-electron chi connectivity index (χ1n) is 8.77. The van der Waals surface area contributed by atoms with Crippen LogP contribution in [0.1, 0.15) is 11.5 Å². The van der Waals surface area contributed by atoms with Crippen LogP contribution in [0.2, 0.25) is 0 Å². The van der Waals surface area contributed by atoms with E-state index in [1.165, 1.54) is 12.1 Å². The Hall–Kier alpha value is -3.39. The van der Waals surface area contributed by atoms with Crippen LogP contribution in [0.5, 0.6) is 0 Å². The molecule has 0 aliphatic heterocycles. The van der Waals surface area contributed by atoms with Crippen LogP contribution < -0.4 is 5.32 Å². The summed E-state index contributed by atoms with van der Waals surface area (Å²) in [6.45, 7) is 1.05. The third-order valence-electron chi connectivity index (χ3n) is 4.25. The molecule has 2 N–H and O–H groups in total. The predicted molar refractivity (Wildman–Crippen MR) is 99.1 cm³/mol. The molecule has 0 aliphatic rings. The topological polar surface area (TPSA) is 79.6 Å². The van der Waals surface area contributed by atoms with Crippen molar-refractivity contribution in [2.75, 3.05) is 6.54 Å². The average molecular weight is 381 g/mol. The number of halogens is 2. The molecule has 2 aromatic heterocycles. The summed E-state index contributed by atoms with van der Waals surface area (Å²) in [5, 5.41) is 14.0. The number of nitrogens with zero attached hydrogens (tertiary/aromatic N) is 3. The zero-order chi connectivity index (χ0) is 19.3. The van der Waals surface area contributed by atoms with Gasteiger partial charge in [-0.15, -0.1) is 0 Å². The summed E-state index contributed by atoms with van der Waals surface area (Å²) in [5.74, 6) is -0.164. The van der Waals surface area contributed by atoms with E-state index < -0.39 is 11.6 Å². The lowest BCUT2D eigenvalue weighted by molar-refractivity contribution is 0.376. The summed E-state index contributed by atoms with van der Waals surface area (Å²) in [6.07, 6.45) is 2.17. The van der Waals surface area contributed by atoms with Crippen LogP contribution in [0, 0.1) is 11.6 Å². The zero-order valence-electron chi connectivity index (χ0n) is 14.8. The van der Waals surface area contributed by atoms with Crippen LogP contribution in [-0.4, -0.2) is 26.9 Å². The van der Waals surface area contributed by atoms with Gasteiger partial charge in [0.25, 0.3) is 0 Å². The van der Waals surface area contributed by atoms with Gasteiger partial charge < -0.3 is 9.84 Å². The predicted octanol–water partition coefficient (Wildman–Crippen LogP) is 3.74. The summed E-state index contributed by atoms with van der Waals surface area (Å²) in [6, 6.07) is 13.1. The SMILES string of the molecule is Fc1ccc(-c2[nH]ncc2CNCCc2nc(-c3ccccc3)no2)c(F)c1. The quantitative estimate of drug-likeness (QED) is 0.477. The fraction of sp³-hybridized carbons (Fsp3) is 0.150. The van der Waals surface area contributed by atoms with Gasteiger partial charge in [-0.05, 0) is 12.1 Å². The van der Waals surface area contributed by atoms with Crippen molar-refractivity contribution < 1.29 is 13.3 Å². The molecule has 28 heavy (non-hydrogen) atoms. The fourth-order valence-electron chi connectivity index (χ4n) is 2.85. The third kappa shape index (κ3) is 3.96. The Morgan fingerprint density at radius 2 is 1.93 bits per heavy atom. The van der Waals surface area contributed by atoms with E-state index in [4.69, 9.17) is 4.52 Å². The third-order valence-corrected chi connectivity index (χ3v) is 4.25. The van der Waals surface area contributed by atoms with Gasteiger partial charge in [0.05, 0.1) is 11.9 Å². The summed E-state index contributed by atoms with van der Waals surface area (Å²) >= 11 is 0. The van der Waals surface area contributed by atoms with Crippen LogP contribution in [0.4, 0.5) is 8.78 Å². The van der Waals surface area contributed by atoms with Crippen molar-refractivity contribution >= 4 is 0 Å². The molecule has 4 aromatic rings. The Morgan fingerprint density at radius 3 is 2.75 bits per heavy atom. The average Bonchev–Trinajstić information content (AvgIpc) is 3.36. The Morgan fingerprint density at radius 1 is 1.07 bits per heavy atom. The monoisotopic (exact) mass is 381 g/mol. The number of H-pyrrole nitrogens is 1. The molecule has 0 bridgehead atoms. The van der Waals surface area contributed by atoms with E-state index in [9.17, 15) is 8.78 Å². The highest BCUT2D eigenvalue weighted by Gasteiger charge is 2.13. The Labute approximate surface area is 159 Å². The second kappa shape index (κ2) is 8.10. The van der Waals surface area contributed by atoms with E-state index in [-0.39, 0.29) is 5.56 Å². The molecule has 0 aliphatic carbocycles. The Bertz CT molecular complexity index is 1060. The Kier molecular flexibility index (Phi) is 5.20. The maximum absolute atomic E-state index is 14.0. The molecule has 2 aromatic carbocycles. The molecule has 0 spiro atoms. The summed E-state index contributed by atoms with van der Waals surface area (Å²) in [4.78, 5) is 4.38. The van der Waals surface area contributed by atoms with E-state index in [0.29, 0.717) is 36.9 Å². The van der Waals surface area contributed by atoms with Crippen molar-refractivity contribution in [2.45, 2.75) is 13.0 Å². The van der Waals surface area contributed by atoms with E-state index in [2.05, 4.69) is 25.7 Å². The molecule has 142 valence electrons. The minimum absolute atomic E-state index is 0.278. The van der Waals surface area contributed by atoms with E-state index >= 15 is 0 Å². The van der Waals surface area contributed by atoms with Gasteiger partial charge in [-0.2, -0.15) is 10.1 Å². The molecular formula is C20H17F2N5O. The normalized spacial score (nSPS) is 11.1. The summed E-state index contributed by atoms with van der Waals surface area (Å²) in [5.41, 5.74) is 2.48. The number of nitrogens with one attached hydrogen (secondary N) is 2. The van der Waals surface area contributed by atoms with Crippen LogP contribution in [-0.2, 0) is 13.0 Å². The second-order valence-electron chi connectivity index (χ2n) is 6.20. The molecule has 6 nitrogen and oxygen atoms in total. The van der Waals surface area contributed by atoms with Crippen LogP contribution in [0.3, 0.4) is 0 Å². The van der Waals surface area contributed by atoms with Crippen molar-refractivity contribution in [2.24, 2.45) is 0 Å². The number of aromatic nitrogens is 4. The van der Waals surface area contributed by atoms with E-state index in [0.717, 1.165) is 17.2 Å². The van der Waals surface area contributed by atoms with Crippen molar-refractivity contribution in [1.82, 2.24) is 25.7 Å². The maximum Gasteiger partial charge on any atom is 0.228 e. The fourth-order valence-corrected chi connectivity index (χ4v) is 2.85. The van der Waals surface area contributed by atoms with Crippen molar-refractivity contribution in [3.05, 3.63) is 77.8 Å². The van der Waals surface area contributed by atoms with Gasteiger partial charge in [0.15, 0.2) is 0 Å². The van der Waals surface area contributed by atoms with Gasteiger partial charge in [0.2, 0.25) is 11.7 Å². The molecule has 0 fully saturated rings. The highest BCUT2D eigenvalue weighted by atomic mass is 19.1. The molecule has 8 heteroatoms. The maximum atomic E-state index is 14.0. The zero-order valence-corrected chi connectivity index (χ0v) is 14.8. The minimum Gasteiger partial charge on any atom is -0.339 e. The van der Waals surface area contributed by atoms with Crippen molar-refractivity contribution in [3.8, 4) is 22.6 Å². The first-order valence-corrected chi connectivity index (χ1v) is 8.77. The van der Waals surface area contributed by atoms with Gasteiger partial charge in [0.1, 0.15) is 11.6 Å². The Balaban J connectivity index is 1.34. The van der Waals surface area contributed by atoms with Gasteiger partial charge in [0, 0.05) is 42.3 Å². The number of rotatable bonds is 7. The van der Waals surface area contributed by atoms with Gasteiger partial charge >= 0.3 is 0 Å². The van der Waals surface area contributed by atoms with Crippen molar-refractivity contribution in [3.63, 3.8) is 0 Å². The van der Waals surface area contributed by atoms with Gasteiger partial charge in [-0.3, -0.25) is 5.10 Å². The number of hydrogen-bond acceptors (Lipinski definition) is 5. The number of aromatic amines is 1. The smallest absolute Gasteiger partial charge is 0.228 e. The first-order chi connectivity index (χ1) is 13.7.